The minimum absolute atomic E-state index is 0.189. The van der Waals surface area contributed by atoms with Crippen LogP contribution in [0, 0.1) is 0 Å². The van der Waals surface area contributed by atoms with Crippen LogP contribution in [0.25, 0.3) is 17.1 Å². The van der Waals surface area contributed by atoms with Gasteiger partial charge in [-0.3, -0.25) is 0 Å². The zero-order valence-electron chi connectivity index (χ0n) is 10.8. The van der Waals surface area contributed by atoms with Gasteiger partial charge >= 0.3 is 0 Å². The van der Waals surface area contributed by atoms with Crippen LogP contribution in [0.15, 0.2) is 48.5 Å². The molecule has 0 saturated carbocycles. The molecule has 0 atom stereocenters. The lowest BCUT2D eigenvalue weighted by Crippen LogP contribution is -2.15. The summed E-state index contributed by atoms with van der Waals surface area (Å²) in [4.78, 5) is 1.57. The van der Waals surface area contributed by atoms with E-state index in [1.165, 1.54) is 4.80 Å². The van der Waals surface area contributed by atoms with Crippen molar-refractivity contribution in [2.24, 2.45) is 5.73 Å². The molecule has 21 heavy (non-hydrogen) atoms. The van der Waals surface area contributed by atoms with Crippen LogP contribution < -0.4 is 5.73 Å². The molecular weight excluding hydrogens is 306 g/mol. The van der Waals surface area contributed by atoms with Crippen molar-refractivity contribution in [2.75, 3.05) is 0 Å². The number of hydrogen-bond acceptors (Lipinski definition) is 4. The predicted octanol–water partition coefficient (Wildman–Crippen LogP) is 2.62. The van der Waals surface area contributed by atoms with Gasteiger partial charge in [-0.05, 0) is 17.3 Å². The highest BCUT2D eigenvalue weighted by Gasteiger charge is 2.14. The van der Waals surface area contributed by atoms with Crippen molar-refractivity contribution in [3.8, 4) is 17.1 Å². The van der Waals surface area contributed by atoms with Gasteiger partial charge in [-0.25, -0.2) is 0 Å². The molecule has 2 aromatic carbocycles. The third-order valence-electron chi connectivity index (χ3n) is 2.90. The van der Waals surface area contributed by atoms with E-state index >= 15 is 0 Å². The highest BCUT2D eigenvalue weighted by Crippen LogP contribution is 2.23. The summed E-state index contributed by atoms with van der Waals surface area (Å²) >= 11 is 11.2. The van der Waals surface area contributed by atoms with Gasteiger partial charge in [0, 0.05) is 5.56 Å². The Hall–Kier alpha value is -2.31. The van der Waals surface area contributed by atoms with Crippen molar-refractivity contribution < 1.29 is 0 Å². The van der Waals surface area contributed by atoms with E-state index in [0.717, 1.165) is 5.56 Å². The second-order valence-electron chi connectivity index (χ2n) is 4.27. The van der Waals surface area contributed by atoms with Crippen LogP contribution in [0.5, 0.6) is 0 Å². The summed E-state index contributed by atoms with van der Waals surface area (Å²) in [5, 5.41) is 12.9. The fourth-order valence-electron chi connectivity index (χ4n) is 1.94. The van der Waals surface area contributed by atoms with Gasteiger partial charge in [-0.15, -0.1) is 15.0 Å². The first-order valence-electron chi connectivity index (χ1n) is 6.11. The molecule has 0 unspecified atom stereocenters. The minimum Gasteiger partial charge on any atom is -0.389 e. The lowest BCUT2D eigenvalue weighted by atomic mass is 10.2. The number of halogens is 1. The monoisotopic (exact) mass is 315 g/mol. The molecule has 0 aliphatic heterocycles. The van der Waals surface area contributed by atoms with E-state index < -0.39 is 0 Å². The quantitative estimate of drug-likeness (QED) is 0.752. The van der Waals surface area contributed by atoms with Crippen molar-refractivity contribution in [3.63, 3.8) is 0 Å². The first kappa shape index (κ1) is 13.7. The molecule has 3 rings (SSSR count). The normalized spacial score (nSPS) is 10.5. The van der Waals surface area contributed by atoms with Crippen LogP contribution in [0.4, 0.5) is 0 Å². The Labute approximate surface area is 131 Å². The van der Waals surface area contributed by atoms with Gasteiger partial charge in [0.1, 0.15) is 4.99 Å². The van der Waals surface area contributed by atoms with E-state index in [0.29, 0.717) is 22.1 Å². The molecule has 0 saturated heterocycles. The summed E-state index contributed by atoms with van der Waals surface area (Å²) in [6.07, 6.45) is 0. The molecule has 0 fully saturated rings. The zero-order valence-corrected chi connectivity index (χ0v) is 12.3. The highest BCUT2D eigenvalue weighted by atomic mass is 35.5. The standard InChI is InChI=1S/C14H10ClN5S/c15-10-7-4-8-11(12(10)13(16)21)20-18-14(17-19-20)9-5-2-1-3-6-9/h1-8H,(H2,16,21). The predicted molar refractivity (Wildman–Crippen MR) is 85.5 cm³/mol. The average Bonchev–Trinajstić information content (AvgIpc) is 2.97. The SMILES string of the molecule is NC(=S)c1c(Cl)cccc1-n1nnc(-c2ccccc2)n1. The molecule has 0 aliphatic rings. The molecule has 7 heteroatoms. The summed E-state index contributed by atoms with van der Waals surface area (Å²) < 4.78 is 0. The van der Waals surface area contributed by atoms with Crippen molar-refractivity contribution in [3.05, 3.63) is 59.1 Å². The van der Waals surface area contributed by atoms with Crippen molar-refractivity contribution in [1.82, 2.24) is 20.2 Å². The van der Waals surface area contributed by atoms with E-state index in [9.17, 15) is 0 Å². The van der Waals surface area contributed by atoms with Crippen molar-refractivity contribution in [1.29, 1.82) is 0 Å². The van der Waals surface area contributed by atoms with Gasteiger partial charge in [0.25, 0.3) is 0 Å². The summed E-state index contributed by atoms with van der Waals surface area (Å²) in [7, 11) is 0. The largest absolute Gasteiger partial charge is 0.389 e. The maximum absolute atomic E-state index is 6.14. The number of hydrogen-bond donors (Lipinski definition) is 1. The Morgan fingerprint density at radius 1 is 1.10 bits per heavy atom. The van der Waals surface area contributed by atoms with E-state index in [1.807, 2.05) is 30.3 Å². The second-order valence-corrected chi connectivity index (χ2v) is 5.11. The van der Waals surface area contributed by atoms with Crippen LogP contribution in [0.2, 0.25) is 5.02 Å². The Bertz CT molecular complexity index is 800. The van der Waals surface area contributed by atoms with Gasteiger partial charge in [-0.2, -0.15) is 0 Å². The van der Waals surface area contributed by atoms with E-state index in [2.05, 4.69) is 15.4 Å². The molecule has 1 heterocycles. The van der Waals surface area contributed by atoms with Crippen LogP contribution in [-0.4, -0.2) is 25.2 Å². The molecule has 0 aliphatic carbocycles. The smallest absolute Gasteiger partial charge is 0.205 e. The fraction of sp³-hybridized carbons (Fsp3) is 0. The number of benzene rings is 2. The maximum Gasteiger partial charge on any atom is 0.205 e. The van der Waals surface area contributed by atoms with Gasteiger partial charge in [0.15, 0.2) is 0 Å². The van der Waals surface area contributed by atoms with Gasteiger partial charge in [0.05, 0.1) is 16.3 Å². The Balaban J connectivity index is 2.09. The molecule has 0 radical (unpaired) electrons. The molecule has 0 amide bonds. The number of nitrogens with zero attached hydrogens (tertiary/aromatic N) is 4. The lowest BCUT2D eigenvalue weighted by molar-refractivity contribution is 0.719. The van der Waals surface area contributed by atoms with Gasteiger partial charge < -0.3 is 5.73 Å². The van der Waals surface area contributed by atoms with E-state index in [1.54, 1.807) is 18.2 Å². The van der Waals surface area contributed by atoms with Crippen molar-refractivity contribution in [2.45, 2.75) is 0 Å². The van der Waals surface area contributed by atoms with Crippen LogP contribution in [-0.2, 0) is 0 Å². The van der Waals surface area contributed by atoms with Crippen LogP contribution in [0.3, 0.4) is 0 Å². The molecular formula is C14H10ClN5S. The molecule has 2 N–H and O–H groups in total. The molecule has 0 spiro atoms. The van der Waals surface area contributed by atoms with Crippen molar-refractivity contribution >= 4 is 28.8 Å². The first-order chi connectivity index (χ1) is 10.2. The molecule has 1 aromatic heterocycles. The Morgan fingerprint density at radius 2 is 1.86 bits per heavy atom. The number of aromatic nitrogens is 4. The summed E-state index contributed by atoms with van der Waals surface area (Å²) in [6, 6.07) is 14.9. The third kappa shape index (κ3) is 2.63. The maximum atomic E-state index is 6.14. The molecule has 104 valence electrons. The van der Waals surface area contributed by atoms with Crippen LogP contribution in [0.1, 0.15) is 5.56 Å². The van der Waals surface area contributed by atoms with Gasteiger partial charge in [-0.1, -0.05) is 60.2 Å². The summed E-state index contributed by atoms with van der Waals surface area (Å²) in [5.41, 5.74) is 7.74. The minimum atomic E-state index is 0.189. The number of thiocarbonyl (C=S) groups is 1. The molecule has 0 bridgehead atoms. The van der Waals surface area contributed by atoms with E-state index in [-0.39, 0.29) is 4.99 Å². The number of nitrogens with two attached hydrogens (primary N) is 1. The first-order valence-corrected chi connectivity index (χ1v) is 6.89. The Kier molecular flexibility index (Phi) is 3.64. The van der Waals surface area contributed by atoms with Crippen LogP contribution >= 0.6 is 23.8 Å². The Morgan fingerprint density at radius 3 is 2.57 bits per heavy atom. The summed E-state index contributed by atoms with van der Waals surface area (Å²) in [5.74, 6) is 0.518. The average molecular weight is 316 g/mol. The van der Waals surface area contributed by atoms with E-state index in [4.69, 9.17) is 29.6 Å². The lowest BCUT2D eigenvalue weighted by Gasteiger charge is -2.07. The second kappa shape index (κ2) is 5.59. The zero-order chi connectivity index (χ0) is 14.8. The topological polar surface area (TPSA) is 69.6 Å². The fourth-order valence-corrected chi connectivity index (χ4v) is 2.48. The number of rotatable bonds is 3. The third-order valence-corrected chi connectivity index (χ3v) is 3.42. The van der Waals surface area contributed by atoms with Gasteiger partial charge in [0.2, 0.25) is 5.82 Å². The highest BCUT2D eigenvalue weighted by molar-refractivity contribution is 7.80. The molecule has 3 aromatic rings. The molecule has 5 nitrogen and oxygen atoms in total. The summed E-state index contributed by atoms with van der Waals surface area (Å²) in [6.45, 7) is 0. The number of tetrazole rings is 1.